The summed E-state index contributed by atoms with van der Waals surface area (Å²) in [5, 5.41) is 9.23. The van der Waals surface area contributed by atoms with Crippen molar-refractivity contribution in [1.29, 1.82) is 0 Å². The molecule has 1 rings (SSSR count). The summed E-state index contributed by atoms with van der Waals surface area (Å²) >= 11 is 3.05. The van der Waals surface area contributed by atoms with E-state index in [0.717, 1.165) is 6.07 Å². The molecule has 0 aliphatic carbocycles. The number of halogens is 3. The molecule has 0 radical (unpaired) electrons. The zero-order valence-electron chi connectivity index (χ0n) is 6.60. The summed E-state index contributed by atoms with van der Waals surface area (Å²) in [4.78, 5) is 0. The lowest BCUT2D eigenvalue weighted by molar-refractivity contribution is 0.395. The molecule has 72 valence electrons. The van der Waals surface area contributed by atoms with Crippen LogP contribution in [-0.2, 0) is 0 Å². The van der Waals surface area contributed by atoms with E-state index in [9.17, 15) is 13.9 Å². The van der Waals surface area contributed by atoms with Crippen molar-refractivity contribution in [2.24, 2.45) is 5.73 Å². The summed E-state index contributed by atoms with van der Waals surface area (Å²) in [7, 11) is 0. The lowest BCUT2D eigenvalue weighted by Crippen LogP contribution is -2.13. The molecular formula is C8H8BrF2NO. The second kappa shape index (κ2) is 4.02. The van der Waals surface area contributed by atoms with Gasteiger partial charge in [0, 0.05) is 10.0 Å². The molecule has 0 fully saturated rings. The molecule has 0 spiro atoms. The minimum absolute atomic E-state index is 0.0579. The number of rotatable bonds is 2. The number of nitrogens with two attached hydrogens (primary N) is 1. The molecule has 0 saturated carbocycles. The fraction of sp³-hybridized carbons (Fsp3) is 0.250. The monoisotopic (exact) mass is 251 g/mol. The van der Waals surface area contributed by atoms with Crippen LogP contribution in [0.1, 0.15) is 11.6 Å². The Morgan fingerprint density at radius 2 is 2.15 bits per heavy atom. The van der Waals surface area contributed by atoms with E-state index in [1.54, 1.807) is 0 Å². The van der Waals surface area contributed by atoms with Gasteiger partial charge in [-0.2, -0.15) is 0 Å². The normalized spacial score (nSPS) is 12.9. The van der Waals surface area contributed by atoms with E-state index in [1.807, 2.05) is 0 Å². The number of aromatic hydroxyl groups is 1. The van der Waals surface area contributed by atoms with Gasteiger partial charge < -0.3 is 10.8 Å². The average molecular weight is 252 g/mol. The number of hydrogen-bond acceptors (Lipinski definition) is 2. The van der Waals surface area contributed by atoms with E-state index in [0.29, 0.717) is 4.47 Å². The maximum atomic E-state index is 12.8. The number of phenols is 1. The molecule has 0 bridgehead atoms. The summed E-state index contributed by atoms with van der Waals surface area (Å²) in [5.74, 6) is -1.40. The van der Waals surface area contributed by atoms with Gasteiger partial charge in [0.15, 0.2) is 11.6 Å². The van der Waals surface area contributed by atoms with Crippen molar-refractivity contribution in [3.63, 3.8) is 0 Å². The number of alkyl halides is 1. The Morgan fingerprint density at radius 1 is 1.54 bits per heavy atom. The summed E-state index contributed by atoms with van der Waals surface area (Å²) < 4.78 is 25.4. The van der Waals surface area contributed by atoms with Crippen LogP contribution >= 0.6 is 15.9 Å². The summed E-state index contributed by atoms with van der Waals surface area (Å²) in [6.07, 6.45) is 0. The third-order valence-electron chi connectivity index (χ3n) is 1.65. The van der Waals surface area contributed by atoms with Gasteiger partial charge in [0.1, 0.15) is 6.67 Å². The third-order valence-corrected chi connectivity index (χ3v) is 2.34. The first-order valence-corrected chi connectivity index (χ1v) is 4.35. The smallest absolute Gasteiger partial charge is 0.165 e. The Hall–Kier alpha value is -0.680. The van der Waals surface area contributed by atoms with Crippen LogP contribution in [0.15, 0.2) is 16.6 Å². The average Bonchev–Trinajstić information content (AvgIpc) is 2.12. The van der Waals surface area contributed by atoms with Crippen LogP contribution in [0.3, 0.4) is 0 Å². The molecule has 0 aliphatic heterocycles. The molecule has 1 aromatic carbocycles. The predicted octanol–water partition coefficient (Wildman–Crippen LogP) is 2.26. The number of phenolic OH excluding ortho intramolecular Hbond substituents is 1. The van der Waals surface area contributed by atoms with E-state index in [1.165, 1.54) is 6.07 Å². The summed E-state index contributed by atoms with van der Waals surface area (Å²) in [6, 6.07) is 1.44. The number of hydrogen-bond donors (Lipinski definition) is 2. The highest BCUT2D eigenvalue weighted by Gasteiger charge is 2.17. The molecule has 0 aromatic heterocycles. The van der Waals surface area contributed by atoms with Crippen molar-refractivity contribution >= 4 is 15.9 Å². The molecular weight excluding hydrogens is 244 g/mol. The van der Waals surface area contributed by atoms with Crippen molar-refractivity contribution in [2.75, 3.05) is 6.67 Å². The first kappa shape index (κ1) is 10.4. The standard InChI is InChI=1S/C8H8BrF2NO/c9-4-1-2-5(11)8(13)7(4)6(12)3-10/h1-2,6,13H,3,12H2/t6-/m0/s1. The van der Waals surface area contributed by atoms with Crippen molar-refractivity contribution in [3.05, 3.63) is 28.0 Å². The predicted molar refractivity (Wildman–Crippen MR) is 48.7 cm³/mol. The summed E-state index contributed by atoms with van der Waals surface area (Å²) in [5.41, 5.74) is 5.39. The fourth-order valence-electron chi connectivity index (χ4n) is 0.987. The van der Waals surface area contributed by atoms with Gasteiger partial charge >= 0.3 is 0 Å². The van der Waals surface area contributed by atoms with Gasteiger partial charge in [-0.15, -0.1) is 0 Å². The topological polar surface area (TPSA) is 46.2 Å². The molecule has 0 heterocycles. The first-order chi connectivity index (χ1) is 6.07. The van der Waals surface area contributed by atoms with Crippen molar-refractivity contribution in [1.82, 2.24) is 0 Å². The highest BCUT2D eigenvalue weighted by molar-refractivity contribution is 9.10. The molecule has 1 aromatic rings. The first-order valence-electron chi connectivity index (χ1n) is 3.56. The van der Waals surface area contributed by atoms with Crippen LogP contribution in [0.2, 0.25) is 0 Å². The molecule has 13 heavy (non-hydrogen) atoms. The van der Waals surface area contributed by atoms with E-state index in [-0.39, 0.29) is 5.56 Å². The maximum Gasteiger partial charge on any atom is 0.165 e. The highest BCUT2D eigenvalue weighted by atomic mass is 79.9. The zero-order valence-corrected chi connectivity index (χ0v) is 8.18. The van der Waals surface area contributed by atoms with Gasteiger partial charge in [-0.05, 0) is 12.1 Å². The van der Waals surface area contributed by atoms with Gasteiger partial charge in [-0.25, -0.2) is 8.78 Å². The molecule has 2 nitrogen and oxygen atoms in total. The van der Waals surface area contributed by atoms with Crippen LogP contribution in [0, 0.1) is 5.82 Å². The molecule has 1 atom stereocenters. The largest absolute Gasteiger partial charge is 0.505 e. The van der Waals surface area contributed by atoms with Crippen molar-refractivity contribution < 1.29 is 13.9 Å². The highest BCUT2D eigenvalue weighted by Crippen LogP contribution is 2.32. The third kappa shape index (κ3) is 1.97. The van der Waals surface area contributed by atoms with Crippen LogP contribution in [0.25, 0.3) is 0 Å². The van der Waals surface area contributed by atoms with Gasteiger partial charge in [0.2, 0.25) is 0 Å². The number of benzene rings is 1. The molecule has 0 saturated heterocycles. The molecule has 0 amide bonds. The summed E-state index contributed by atoms with van der Waals surface area (Å²) in [6.45, 7) is -0.852. The lowest BCUT2D eigenvalue weighted by Gasteiger charge is -2.12. The Morgan fingerprint density at radius 3 is 2.69 bits per heavy atom. The molecule has 3 N–H and O–H groups in total. The second-order valence-electron chi connectivity index (χ2n) is 2.55. The lowest BCUT2D eigenvalue weighted by atomic mass is 10.1. The maximum absolute atomic E-state index is 12.8. The van der Waals surface area contributed by atoms with Crippen molar-refractivity contribution in [3.8, 4) is 5.75 Å². The van der Waals surface area contributed by atoms with E-state index >= 15 is 0 Å². The van der Waals surface area contributed by atoms with Crippen LogP contribution in [0.5, 0.6) is 5.75 Å². The minimum Gasteiger partial charge on any atom is -0.505 e. The minimum atomic E-state index is -1.01. The second-order valence-corrected chi connectivity index (χ2v) is 3.41. The molecule has 5 heteroatoms. The van der Waals surface area contributed by atoms with E-state index in [2.05, 4.69) is 15.9 Å². The van der Waals surface area contributed by atoms with Crippen LogP contribution in [0.4, 0.5) is 8.78 Å². The Kier molecular flexibility index (Phi) is 3.22. The SMILES string of the molecule is N[C@@H](CF)c1c(Br)ccc(F)c1O. The molecule has 0 unspecified atom stereocenters. The fourth-order valence-corrected chi connectivity index (χ4v) is 1.60. The van der Waals surface area contributed by atoms with E-state index < -0.39 is 24.3 Å². The van der Waals surface area contributed by atoms with Gasteiger partial charge in [-0.3, -0.25) is 0 Å². The quantitative estimate of drug-likeness (QED) is 0.847. The molecule has 0 aliphatic rings. The van der Waals surface area contributed by atoms with Gasteiger partial charge in [-0.1, -0.05) is 15.9 Å². The van der Waals surface area contributed by atoms with Gasteiger partial charge in [0.25, 0.3) is 0 Å². The Bertz CT molecular complexity index is 319. The Balaban J connectivity index is 3.25. The van der Waals surface area contributed by atoms with Gasteiger partial charge in [0.05, 0.1) is 6.04 Å². The zero-order chi connectivity index (χ0) is 10.0. The van der Waals surface area contributed by atoms with Crippen molar-refractivity contribution in [2.45, 2.75) is 6.04 Å². The van der Waals surface area contributed by atoms with Crippen LogP contribution in [-0.4, -0.2) is 11.8 Å². The van der Waals surface area contributed by atoms with E-state index in [4.69, 9.17) is 5.73 Å². The van der Waals surface area contributed by atoms with Crippen LogP contribution < -0.4 is 5.73 Å². The Labute approximate surface area is 82.5 Å².